The van der Waals surface area contributed by atoms with Crippen molar-refractivity contribution in [3.05, 3.63) is 18.1 Å². The highest BCUT2D eigenvalue weighted by atomic mass is 16.5. The Morgan fingerprint density at radius 1 is 1.05 bits per heavy atom. The molecule has 0 aliphatic rings. The normalized spacial score (nSPS) is 11.6. The quantitative estimate of drug-likeness (QED) is 0.660. The maximum Gasteiger partial charge on any atom is 0.232 e. The van der Waals surface area contributed by atoms with Gasteiger partial charge in [0.2, 0.25) is 5.88 Å². The summed E-state index contributed by atoms with van der Waals surface area (Å²) < 4.78 is 5.68. The molecule has 0 atom stereocenters. The van der Waals surface area contributed by atoms with Crippen LogP contribution in [0.25, 0.3) is 0 Å². The Morgan fingerprint density at radius 2 is 1.76 bits per heavy atom. The molecule has 4 nitrogen and oxygen atoms in total. The number of rotatable bonds is 10. The lowest BCUT2D eigenvalue weighted by Crippen LogP contribution is -2.35. The first-order valence-corrected chi connectivity index (χ1v) is 8.20. The van der Waals surface area contributed by atoms with E-state index in [0.29, 0.717) is 12.4 Å². The summed E-state index contributed by atoms with van der Waals surface area (Å²) in [5.74, 6) is 0.636. The molecule has 0 spiro atoms. The van der Waals surface area contributed by atoms with Crippen molar-refractivity contribution >= 4 is 0 Å². The van der Waals surface area contributed by atoms with E-state index in [9.17, 15) is 0 Å². The highest BCUT2D eigenvalue weighted by Crippen LogP contribution is 2.09. The lowest BCUT2D eigenvalue weighted by atomic mass is 10.1. The summed E-state index contributed by atoms with van der Waals surface area (Å²) in [6, 6.07) is 0. The molecule has 0 aromatic carbocycles. The lowest BCUT2D eigenvalue weighted by Gasteiger charge is -2.20. The zero-order chi connectivity index (χ0) is 15.6. The van der Waals surface area contributed by atoms with Gasteiger partial charge in [0, 0.05) is 18.3 Å². The summed E-state index contributed by atoms with van der Waals surface area (Å²) in [5.41, 5.74) is 1.00. The molecule has 1 rings (SSSR count). The van der Waals surface area contributed by atoms with Gasteiger partial charge in [-0.15, -0.1) is 0 Å². The summed E-state index contributed by atoms with van der Waals surface area (Å²) in [5, 5.41) is 3.40. The van der Waals surface area contributed by atoms with Crippen LogP contribution in [0.3, 0.4) is 0 Å². The fraction of sp³-hybridized carbons (Fsp3) is 0.765. The first-order chi connectivity index (χ1) is 10.0. The van der Waals surface area contributed by atoms with Crippen LogP contribution in [0.4, 0.5) is 0 Å². The van der Waals surface area contributed by atoms with Crippen molar-refractivity contribution in [1.82, 2.24) is 15.3 Å². The Balaban J connectivity index is 2.23. The van der Waals surface area contributed by atoms with Crippen LogP contribution in [0.5, 0.6) is 5.88 Å². The van der Waals surface area contributed by atoms with Crippen molar-refractivity contribution in [2.24, 2.45) is 0 Å². The van der Waals surface area contributed by atoms with Crippen LogP contribution in [0.1, 0.15) is 71.9 Å². The molecular formula is C17H31N3O. The molecule has 1 aromatic heterocycles. The van der Waals surface area contributed by atoms with Crippen LogP contribution in [0, 0.1) is 0 Å². The van der Waals surface area contributed by atoms with Gasteiger partial charge in [0.25, 0.3) is 0 Å². The second-order valence-corrected chi connectivity index (χ2v) is 6.57. The molecule has 0 unspecified atom stereocenters. The van der Waals surface area contributed by atoms with Crippen molar-refractivity contribution in [1.29, 1.82) is 0 Å². The zero-order valence-corrected chi connectivity index (χ0v) is 14.1. The van der Waals surface area contributed by atoms with Crippen LogP contribution >= 0.6 is 0 Å². The van der Waals surface area contributed by atoms with Gasteiger partial charge < -0.3 is 10.1 Å². The Morgan fingerprint density at radius 3 is 2.48 bits per heavy atom. The summed E-state index contributed by atoms with van der Waals surface area (Å²) >= 11 is 0. The zero-order valence-electron chi connectivity index (χ0n) is 14.1. The Bertz CT molecular complexity index is 388. The number of hydrogen-bond acceptors (Lipinski definition) is 4. The fourth-order valence-corrected chi connectivity index (χ4v) is 1.96. The van der Waals surface area contributed by atoms with E-state index in [4.69, 9.17) is 4.74 Å². The van der Waals surface area contributed by atoms with E-state index < -0.39 is 0 Å². The molecular weight excluding hydrogens is 262 g/mol. The Labute approximate surface area is 129 Å². The Kier molecular flexibility index (Phi) is 8.28. The highest BCUT2D eigenvalue weighted by Gasteiger charge is 2.09. The highest BCUT2D eigenvalue weighted by molar-refractivity contribution is 5.08. The van der Waals surface area contributed by atoms with Gasteiger partial charge in [-0.1, -0.05) is 39.0 Å². The van der Waals surface area contributed by atoms with E-state index in [1.165, 1.54) is 32.1 Å². The molecule has 1 aromatic rings. The number of ether oxygens (including phenoxy) is 1. The van der Waals surface area contributed by atoms with Crippen molar-refractivity contribution in [3.8, 4) is 5.88 Å². The summed E-state index contributed by atoms with van der Waals surface area (Å²) in [4.78, 5) is 8.67. The molecule has 1 N–H and O–H groups in total. The standard InChI is InChI=1S/C17H31N3O/c1-5-6-7-8-9-10-11-21-16-14-18-12-15(20-16)13-19-17(2,3)4/h12,14,19H,5-11,13H2,1-4H3. The number of nitrogens with one attached hydrogen (secondary N) is 1. The van der Waals surface area contributed by atoms with Crippen LogP contribution in [0.15, 0.2) is 12.4 Å². The van der Waals surface area contributed by atoms with Gasteiger partial charge in [-0.25, -0.2) is 4.98 Å². The minimum atomic E-state index is 0.0804. The molecule has 0 saturated heterocycles. The second-order valence-electron chi connectivity index (χ2n) is 6.57. The number of nitrogens with zero attached hydrogens (tertiary/aromatic N) is 2. The third-order valence-electron chi connectivity index (χ3n) is 3.21. The van der Waals surface area contributed by atoms with E-state index in [-0.39, 0.29) is 5.54 Å². The molecule has 0 amide bonds. The smallest absolute Gasteiger partial charge is 0.232 e. The van der Waals surface area contributed by atoms with Gasteiger partial charge >= 0.3 is 0 Å². The maximum atomic E-state index is 5.68. The van der Waals surface area contributed by atoms with Gasteiger partial charge in [0.05, 0.1) is 18.5 Å². The molecule has 4 heteroatoms. The number of hydrogen-bond donors (Lipinski definition) is 1. The number of aromatic nitrogens is 2. The molecule has 0 fully saturated rings. The second kappa shape index (κ2) is 9.72. The Hall–Kier alpha value is -1.16. The topological polar surface area (TPSA) is 47.0 Å². The number of unbranched alkanes of at least 4 members (excludes halogenated alkanes) is 5. The summed E-state index contributed by atoms with van der Waals surface area (Å²) in [6.07, 6.45) is 11.1. The van der Waals surface area contributed by atoms with Crippen LogP contribution < -0.4 is 10.1 Å². The lowest BCUT2D eigenvalue weighted by molar-refractivity contribution is 0.290. The van der Waals surface area contributed by atoms with Gasteiger partial charge in [-0.3, -0.25) is 4.98 Å². The molecule has 120 valence electrons. The predicted molar refractivity (Wildman–Crippen MR) is 87.5 cm³/mol. The molecule has 1 heterocycles. The molecule has 0 radical (unpaired) electrons. The van der Waals surface area contributed by atoms with E-state index in [1.807, 2.05) is 0 Å². The third kappa shape index (κ3) is 9.40. The van der Waals surface area contributed by atoms with Gasteiger partial charge in [-0.05, 0) is 27.2 Å². The van der Waals surface area contributed by atoms with Crippen molar-refractivity contribution in [2.75, 3.05) is 6.61 Å². The minimum absolute atomic E-state index is 0.0804. The predicted octanol–water partition coefficient (Wildman–Crippen LogP) is 4.10. The molecule has 0 aliphatic carbocycles. The average molecular weight is 293 g/mol. The monoisotopic (exact) mass is 293 g/mol. The van der Waals surface area contributed by atoms with Crippen LogP contribution in [0.2, 0.25) is 0 Å². The van der Waals surface area contributed by atoms with Crippen LogP contribution in [-0.4, -0.2) is 22.1 Å². The van der Waals surface area contributed by atoms with Crippen molar-refractivity contribution < 1.29 is 4.74 Å². The van der Waals surface area contributed by atoms with E-state index in [2.05, 4.69) is 43.0 Å². The van der Waals surface area contributed by atoms with Gasteiger partial charge in [0.15, 0.2) is 0 Å². The largest absolute Gasteiger partial charge is 0.477 e. The molecule has 0 saturated carbocycles. The molecule has 0 bridgehead atoms. The third-order valence-corrected chi connectivity index (χ3v) is 3.21. The van der Waals surface area contributed by atoms with Crippen molar-refractivity contribution in [3.63, 3.8) is 0 Å². The van der Waals surface area contributed by atoms with Gasteiger partial charge in [-0.2, -0.15) is 0 Å². The van der Waals surface area contributed by atoms with Crippen LogP contribution in [-0.2, 0) is 6.54 Å². The summed E-state index contributed by atoms with van der Waals surface area (Å²) in [7, 11) is 0. The minimum Gasteiger partial charge on any atom is -0.477 e. The first-order valence-electron chi connectivity index (χ1n) is 8.20. The SMILES string of the molecule is CCCCCCCCOc1cncc(CNC(C)(C)C)n1. The molecule has 0 aliphatic heterocycles. The van der Waals surface area contributed by atoms with E-state index in [1.54, 1.807) is 12.4 Å². The fourth-order valence-electron chi connectivity index (χ4n) is 1.96. The van der Waals surface area contributed by atoms with E-state index >= 15 is 0 Å². The van der Waals surface area contributed by atoms with E-state index in [0.717, 1.165) is 18.7 Å². The average Bonchev–Trinajstić information content (AvgIpc) is 2.44. The van der Waals surface area contributed by atoms with Crippen molar-refractivity contribution in [2.45, 2.75) is 78.3 Å². The molecule has 21 heavy (non-hydrogen) atoms. The summed E-state index contributed by atoms with van der Waals surface area (Å²) in [6.45, 7) is 10.1. The van der Waals surface area contributed by atoms with Gasteiger partial charge in [0.1, 0.15) is 0 Å². The first kappa shape index (κ1) is 17.9. The maximum absolute atomic E-state index is 5.68.